The molecule has 1 rings (SSSR count). The molecule has 5 nitrogen and oxygen atoms in total. The summed E-state index contributed by atoms with van der Waals surface area (Å²) in [5.41, 5.74) is -1.85. The molecule has 2 N–H and O–H groups in total. The van der Waals surface area contributed by atoms with E-state index < -0.39 is 35.8 Å². The van der Waals surface area contributed by atoms with Gasteiger partial charge in [-0.15, -0.1) is 0 Å². The Hall–Kier alpha value is -1.83. The second kappa shape index (κ2) is 7.16. The normalized spacial score (nSPS) is 13.7. The Morgan fingerprint density at radius 1 is 1.30 bits per heavy atom. The van der Waals surface area contributed by atoms with E-state index >= 15 is 0 Å². The fourth-order valence-electron chi connectivity index (χ4n) is 2.15. The van der Waals surface area contributed by atoms with Crippen LogP contribution in [0.5, 0.6) is 0 Å². The van der Waals surface area contributed by atoms with E-state index in [1.54, 1.807) is 0 Å². The van der Waals surface area contributed by atoms with E-state index in [0.717, 1.165) is 6.07 Å². The molecule has 0 aromatic carbocycles. The third-order valence-corrected chi connectivity index (χ3v) is 3.07. The van der Waals surface area contributed by atoms with E-state index in [9.17, 15) is 27.9 Å². The number of hydrogen-bond donors (Lipinski definition) is 2. The number of aromatic nitrogens is 1. The van der Waals surface area contributed by atoms with E-state index in [2.05, 4.69) is 5.32 Å². The van der Waals surface area contributed by atoms with E-state index in [0.29, 0.717) is 23.3 Å². The lowest BCUT2D eigenvalue weighted by atomic mass is 9.88. The molecule has 1 aromatic rings. The summed E-state index contributed by atoms with van der Waals surface area (Å²) in [5, 5.41) is 11.8. The van der Waals surface area contributed by atoms with Crippen molar-refractivity contribution >= 4 is 5.91 Å². The molecule has 1 amide bonds. The molecule has 23 heavy (non-hydrogen) atoms. The predicted molar refractivity (Wildman–Crippen MR) is 78.8 cm³/mol. The van der Waals surface area contributed by atoms with Gasteiger partial charge in [0.15, 0.2) is 0 Å². The molecule has 0 aliphatic carbocycles. The summed E-state index contributed by atoms with van der Waals surface area (Å²) < 4.78 is 38.6. The van der Waals surface area contributed by atoms with Crippen LogP contribution in [0, 0.1) is 5.41 Å². The second-order valence-corrected chi connectivity index (χ2v) is 6.59. The molecule has 1 atom stereocenters. The first-order valence-corrected chi connectivity index (χ1v) is 7.10. The average Bonchev–Trinajstić information content (AvgIpc) is 2.37. The van der Waals surface area contributed by atoms with Crippen molar-refractivity contribution in [2.24, 2.45) is 5.41 Å². The summed E-state index contributed by atoms with van der Waals surface area (Å²) in [5.74, 6) is -0.630. The minimum atomic E-state index is -4.59. The first-order chi connectivity index (χ1) is 10.4. The Morgan fingerprint density at radius 3 is 2.39 bits per heavy atom. The zero-order valence-corrected chi connectivity index (χ0v) is 13.3. The molecule has 0 spiro atoms. The maximum atomic E-state index is 12.6. The summed E-state index contributed by atoms with van der Waals surface area (Å²) >= 11 is 0. The van der Waals surface area contributed by atoms with Crippen molar-refractivity contribution in [3.8, 4) is 0 Å². The van der Waals surface area contributed by atoms with Crippen molar-refractivity contribution in [2.45, 2.75) is 46.0 Å². The van der Waals surface area contributed by atoms with Gasteiger partial charge in [0.2, 0.25) is 5.91 Å². The van der Waals surface area contributed by atoms with Gasteiger partial charge in [-0.2, -0.15) is 13.2 Å². The lowest BCUT2D eigenvalue weighted by Gasteiger charge is -2.25. The van der Waals surface area contributed by atoms with Crippen molar-refractivity contribution < 1.29 is 23.1 Å². The van der Waals surface area contributed by atoms with E-state index in [1.165, 1.54) is 0 Å². The number of carbonyl (C=O) groups excluding carboxylic acids is 1. The standard InChI is InChI=1S/C15H21F3N2O3/c1-14(2,3)6-11(9-21)19-12(22)8-20-7-10(15(16,17)18)4-5-13(20)23/h4-5,7,11,21H,6,8-9H2,1-3H3,(H,19,22). The number of aliphatic hydroxyl groups excluding tert-OH is 1. The number of amides is 1. The van der Waals surface area contributed by atoms with Crippen molar-refractivity contribution in [3.05, 3.63) is 34.2 Å². The summed E-state index contributed by atoms with van der Waals surface area (Å²) in [6, 6.07) is 0.922. The number of alkyl halides is 3. The minimum absolute atomic E-state index is 0.145. The Balaban J connectivity index is 2.83. The van der Waals surface area contributed by atoms with Gasteiger partial charge in [-0.25, -0.2) is 0 Å². The fourth-order valence-corrected chi connectivity index (χ4v) is 2.15. The predicted octanol–water partition coefficient (Wildman–Crippen LogP) is 1.78. The Labute approximate surface area is 132 Å². The largest absolute Gasteiger partial charge is 0.417 e. The lowest BCUT2D eigenvalue weighted by Crippen LogP contribution is -2.42. The fraction of sp³-hybridized carbons (Fsp3) is 0.600. The van der Waals surface area contributed by atoms with E-state index in [4.69, 9.17) is 0 Å². The molecule has 1 unspecified atom stereocenters. The summed E-state index contributed by atoms with van der Waals surface area (Å²) in [7, 11) is 0. The molecule has 0 radical (unpaired) electrons. The third-order valence-electron chi connectivity index (χ3n) is 3.07. The highest BCUT2D eigenvalue weighted by Crippen LogP contribution is 2.28. The molecule has 0 bridgehead atoms. The summed E-state index contributed by atoms with van der Waals surface area (Å²) in [6.45, 7) is 4.96. The number of pyridine rings is 1. The number of hydrogen-bond acceptors (Lipinski definition) is 3. The average molecular weight is 334 g/mol. The molecule has 8 heteroatoms. The van der Waals surface area contributed by atoms with Crippen LogP contribution in [-0.2, 0) is 17.5 Å². The van der Waals surface area contributed by atoms with Crippen LogP contribution in [0.1, 0.15) is 32.8 Å². The molecule has 1 heterocycles. The van der Waals surface area contributed by atoms with Gasteiger partial charge in [-0.05, 0) is 17.9 Å². The number of nitrogens with one attached hydrogen (secondary N) is 1. The second-order valence-electron chi connectivity index (χ2n) is 6.59. The van der Waals surface area contributed by atoms with Crippen molar-refractivity contribution in [3.63, 3.8) is 0 Å². The summed E-state index contributed by atoms with van der Waals surface area (Å²) in [6.07, 6.45) is -3.49. The van der Waals surface area contributed by atoms with Crippen molar-refractivity contribution in [2.75, 3.05) is 6.61 Å². The SMILES string of the molecule is CC(C)(C)CC(CO)NC(=O)Cn1cc(C(F)(F)F)ccc1=O. The molecular formula is C15H21F3N2O3. The zero-order valence-electron chi connectivity index (χ0n) is 13.3. The van der Waals surface area contributed by atoms with Gasteiger partial charge in [0.25, 0.3) is 5.56 Å². The first kappa shape index (κ1) is 19.2. The topological polar surface area (TPSA) is 71.3 Å². The number of carbonyl (C=O) groups is 1. The quantitative estimate of drug-likeness (QED) is 0.862. The molecule has 0 fully saturated rings. The Kier molecular flexibility index (Phi) is 5.98. The van der Waals surface area contributed by atoms with Crippen LogP contribution in [0.2, 0.25) is 0 Å². The zero-order chi connectivity index (χ0) is 17.8. The minimum Gasteiger partial charge on any atom is -0.394 e. The number of nitrogens with zero attached hydrogens (tertiary/aromatic N) is 1. The van der Waals surface area contributed by atoms with E-state index in [-0.39, 0.29) is 12.0 Å². The maximum absolute atomic E-state index is 12.6. The Morgan fingerprint density at radius 2 is 1.91 bits per heavy atom. The lowest BCUT2D eigenvalue weighted by molar-refractivity contribution is -0.138. The maximum Gasteiger partial charge on any atom is 0.417 e. The number of aliphatic hydroxyl groups is 1. The van der Waals surface area contributed by atoms with Crippen LogP contribution in [0.4, 0.5) is 13.2 Å². The van der Waals surface area contributed by atoms with Gasteiger partial charge in [-0.1, -0.05) is 20.8 Å². The highest BCUT2D eigenvalue weighted by Gasteiger charge is 2.31. The highest BCUT2D eigenvalue weighted by atomic mass is 19.4. The van der Waals surface area contributed by atoms with Crippen LogP contribution >= 0.6 is 0 Å². The van der Waals surface area contributed by atoms with Crippen LogP contribution in [0.3, 0.4) is 0 Å². The van der Waals surface area contributed by atoms with Gasteiger partial charge in [-0.3, -0.25) is 9.59 Å². The van der Waals surface area contributed by atoms with Gasteiger partial charge < -0.3 is 15.0 Å². The van der Waals surface area contributed by atoms with Gasteiger partial charge in [0.05, 0.1) is 18.2 Å². The van der Waals surface area contributed by atoms with Gasteiger partial charge in [0, 0.05) is 12.3 Å². The number of rotatable bonds is 5. The number of halogens is 3. The van der Waals surface area contributed by atoms with E-state index in [1.807, 2.05) is 20.8 Å². The van der Waals surface area contributed by atoms with Crippen molar-refractivity contribution in [1.82, 2.24) is 9.88 Å². The van der Waals surface area contributed by atoms with Gasteiger partial charge >= 0.3 is 6.18 Å². The van der Waals surface area contributed by atoms with Crippen LogP contribution < -0.4 is 10.9 Å². The smallest absolute Gasteiger partial charge is 0.394 e. The molecule has 130 valence electrons. The summed E-state index contributed by atoms with van der Waals surface area (Å²) in [4.78, 5) is 23.5. The van der Waals surface area contributed by atoms with Gasteiger partial charge in [0.1, 0.15) is 6.54 Å². The monoisotopic (exact) mass is 334 g/mol. The van der Waals surface area contributed by atoms with Crippen LogP contribution in [0.25, 0.3) is 0 Å². The third kappa shape index (κ3) is 6.43. The highest BCUT2D eigenvalue weighted by molar-refractivity contribution is 5.76. The molecule has 1 aromatic heterocycles. The molecule has 0 saturated carbocycles. The van der Waals surface area contributed by atoms with Crippen LogP contribution in [0.15, 0.2) is 23.1 Å². The van der Waals surface area contributed by atoms with Crippen LogP contribution in [-0.4, -0.2) is 28.2 Å². The molecular weight excluding hydrogens is 313 g/mol. The first-order valence-electron chi connectivity index (χ1n) is 7.10. The molecule has 0 saturated heterocycles. The molecule has 0 aliphatic rings. The Bertz CT molecular complexity index is 603. The van der Waals surface area contributed by atoms with Crippen molar-refractivity contribution in [1.29, 1.82) is 0 Å². The molecule has 0 aliphatic heterocycles.